The van der Waals surface area contributed by atoms with Gasteiger partial charge in [0.05, 0.1) is 20.0 Å². The van der Waals surface area contributed by atoms with E-state index in [0.29, 0.717) is 41.1 Å². The van der Waals surface area contributed by atoms with Crippen LogP contribution in [0, 0.1) is 5.82 Å². The molecule has 0 fully saturated rings. The third kappa shape index (κ3) is 4.29. The normalized spacial score (nSPS) is 13.1. The van der Waals surface area contributed by atoms with Crippen LogP contribution in [0.4, 0.5) is 4.39 Å². The second-order valence-corrected chi connectivity index (χ2v) is 7.96. The number of methoxy groups -OCH3 is 2. The molecule has 2 N–H and O–H groups in total. The Hall–Kier alpha value is -3.27. The van der Waals surface area contributed by atoms with Gasteiger partial charge in [-0.2, -0.15) is 0 Å². The minimum atomic E-state index is -0.341. The highest BCUT2D eigenvalue weighted by Crippen LogP contribution is 2.33. The first kappa shape index (κ1) is 21.0. The topological polar surface area (TPSA) is 95.5 Å². The van der Waals surface area contributed by atoms with E-state index < -0.39 is 0 Å². The summed E-state index contributed by atoms with van der Waals surface area (Å²) in [5.74, 6) is 7.65. The molecule has 0 saturated carbocycles. The van der Waals surface area contributed by atoms with Crippen molar-refractivity contribution in [1.29, 1.82) is 0 Å². The fraction of sp³-hybridized carbons (Fsp3) is 0.286. The third-order valence-electron chi connectivity index (χ3n) is 5.16. The summed E-state index contributed by atoms with van der Waals surface area (Å²) >= 11 is 1.22. The molecule has 1 aliphatic rings. The SMILES string of the molecule is COc1cc2c(cc1OC)CN(C(=O)CSc1nnc(-c3ccc(F)cc3)n1N)CC2. The van der Waals surface area contributed by atoms with Crippen molar-refractivity contribution >= 4 is 17.7 Å². The van der Waals surface area contributed by atoms with Crippen LogP contribution in [0.5, 0.6) is 11.5 Å². The fourth-order valence-corrected chi connectivity index (χ4v) is 4.24. The Morgan fingerprint density at radius 3 is 2.48 bits per heavy atom. The van der Waals surface area contributed by atoms with Crippen LogP contribution in [-0.4, -0.2) is 52.2 Å². The van der Waals surface area contributed by atoms with E-state index in [-0.39, 0.29) is 17.5 Å². The van der Waals surface area contributed by atoms with Gasteiger partial charge >= 0.3 is 0 Å². The predicted molar refractivity (Wildman–Crippen MR) is 115 cm³/mol. The summed E-state index contributed by atoms with van der Waals surface area (Å²) in [5, 5.41) is 8.54. The van der Waals surface area contributed by atoms with Gasteiger partial charge in [-0.15, -0.1) is 10.2 Å². The molecule has 3 aromatic rings. The number of halogens is 1. The Morgan fingerprint density at radius 2 is 1.81 bits per heavy atom. The Morgan fingerprint density at radius 1 is 1.13 bits per heavy atom. The number of nitrogens with zero attached hydrogens (tertiary/aromatic N) is 4. The van der Waals surface area contributed by atoms with Crippen LogP contribution in [0.2, 0.25) is 0 Å². The number of amides is 1. The maximum absolute atomic E-state index is 13.1. The lowest BCUT2D eigenvalue weighted by molar-refractivity contribution is -0.129. The summed E-state index contributed by atoms with van der Waals surface area (Å²) < 4.78 is 25.2. The number of ether oxygens (including phenoxy) is 2. The first-order chi connectivity index (χ1) is 15.0. The molecule has 0 saturated heterocycles. The molecule has 162 valence electrons. The summed E-state index contributed by atoms with van der Waals surface area (Å²) in [6.45, 7) is 1.13. The number of benzene rings is 2. The maximum Gasteiger partial charge on any atom is 0.233 e. The lowest BCUT2D eigenvalue weighted by Gasteiger charge is -2.29. The molecule has 2 heterocycles. The molecule has 1 amide bonds. The molecule has 4 rings (SSSR count). The van der Waals surface area contributed by atoms with Crippen molar-refractivity contribution < 1.29 is 18.7 Å². The van der Waals surface area contributed by atoms with Gasteiger partial charge in [-0.25, -0.2) is 9.07 Å². The maximum atomic E-state index is 13.1. The number of hydrogen-bond acceptors (Lipinski definition) is 7. The van der Waals surface area contributed by atoms with E-state index in [0.717, 1.165) is 17.5 Å². The average molecular weight is 444 g/mol. The smallest absolute Gasteiger partial charge is 0.233 e. The van der Waals surface area contributed by atoms with Crippen LogP contribution in [0.15, 0.2) is 41.6 Å². The van der Waals surface area contributed by atoms with Crippen LogP contribution >= 0.6 is 11.8 Å². The van der Waals surface area contributed by atoms with Gasteiger partial charge in [0.25, 0.3) is 0 Å². The number of thioether (sulfide) groups is 1. The zero-order valence-electron chi connectivity index (χ0n) is 17.2. The summed E-state index contributed by atoms with van der Waals surface area (Å²) in [6, 6.07) is 9.72. The molecule has 0 spiro atoms. The number of carbonyl (C=O) groups is 1. The average Bonchev–Trinajstić information content (AvgIpc) is 3.16. The highest BCUT2D eigenvalue weighted by molar-refractivity contribution is 7.99. The van der Waals surface area contributed by atoms with E-state index in [9.17, 15) is 9.18 Å². The lowest BCUT2D eigenvalue weighted by Crippen LogP contribution is -2.37. The van der Waals surface area contributed by atoms with Crippen molar-refractivity contribution in [1.82, 2.24) is 19.8 Å². The minimum absolute atomic E-state index is 0.0169. The van der Waals surface area contributed by atoms with Crippen LogP contribution in [-0.2, 0) is 17.8 Å². The zero-order chi connectivity index (χ0) is 22.0. The number of nitrogens with two attached hydrogens (primary N) is 1. The largest absolute Gasteiger partial charge is 0.493 e. The Kier molecular flexibility index (Phi) is 5.99. The highest BCUT2D eigenvalue weighted by atomic mass is 32.2. The monoisotopic (exact) mass is 443 g/mol. The van der Waals surface area contributed by atoms with E-state index >= 15 is 0 Å². The molecular formula is C21H22FN5O3S. The van der Waals surface area contributed by atoms with E-state index in [1.807, 2.05) is 12.1 Å². The molecule has 31 heavy (non-hydrogen) atoms. The number of hydrogen-bond donors (Lipinski definition) is 1. The lowest BCUT2D eigenvalue weighted by atomic mass is 9.99. The number of nitrogen functional groups attached to an aromatic ring is 1. The van der Waals surface area contributed by atoms with Gasteiger partial charge in [-0.3, -0.25) is 4.79 Å². The van der Waals surface area contributed by atoms with Gasteiger partial charge in [-0.1, -0.05) is 11.8 Å². The number of carbonyl (C=O) groups excluding carboxylic acids is 1. The number of fused-ring (bicyclic) bond motifs is 1. The molecule has 8 nitrogen and oxygen atoms in total. The molecule has 0 radical (unpaired) electrons. The van der Waals surface area contributed by atoms with Gasteiger partial charge in [0.15, 0.2) is 17.3 Å². The fourth-order valence-electron chi connectivity index (χ4n) is 3.48. The summed E-state index contributed by atoms with van der Waals surface area (Å²) in [6.07, 6.45) is 0.744. The van der Waals surface area contributed by atoms with Crippen molar-refractivity contribution in [2.45, 2.75) is 18.1 Å². The molecule has 0 aliphatic carbocycles. The zero-order valence-corrected chi connectivity index (χ0v) is 18.0. The number of aromatic nitrogens is 3. The van der Waals surface area contributed by atoms with E-state index in [1.54, 1.807) is 31.3 Å². The van der Waals surface area contributed by atoms with Crippen molar-refractivity contribution in [2.75, 3.05) is 32.4 Å². The van der Waals surface area contributed by atoms with Crippen molar-refractivity contribution in [3.05, 3.63) is 53.3 Å². The van der Waals surface area contributed by atoms with Crippen LogP contribution in [0.25, 0.3) is 11.4 Å². The molecule has 2 aromatic carbocycles. The van der Waals surface area contributed by atoms with Gasteiger partial charge in [-0.05, 0) is 53.9 Å². The van der Waals surface area contributed by atoms with E-state index in [2.05, 4.69) is 10.2 Å². The Labute approximate surface area is 183 Å². The van der Waals surface area contributed by atoms with Gasteiger partial charge < -0.3 is 20.2 Å². The molecule has 1 aromatic heterocycles. The van der Waals surface area contributed by atoms with Gasteiger partial charge in [0.2, 0.25) is 11.1 Å². The second kappa shape index (κ2) is 8.84. The molecule has 1 aliphatic heterocycles. The molecule has 10 heteroatoms. The van der Waals surface area contributed by atoms with E-state index in [4.69, 9.17) is 15.3 Å². The van der Waals surface area contributed by atoms with Crippen LogP contribution in [0.3, 0.4) is 0 Å². The summed E-state index contributed by atoms with van der Waals surface area (Å²) in [7, 11) is 3.20. The minimum Gasteiger partial charge on any atom is -0.493 e. The Bertz CT molecular complexity index is 1100. The predicted octanol–water partition coefficient (Wildman–Crippen LogP) is 2.49. The van der Waals surface area contributed by atoms with Gasteiger partial charge in [0.1, 0.15) is 5.82 Å². The van der Waals surface area contributed by atoms with Crippen LogP contribution in [0.1, 0.15) is 11.1 Å². The molecule has 0 unspecified atom stereocenters. The first-order valence-corrected chi connectivity index (χ1v) is 10.6. The number of rotatable bonds is 6. The van der Waals surface area contributed by atoms with Crippen molar-refractivity contribution in [3.8, 4) is 22.9 Å². The molecule has 0 bridgehead atoms. The van der Waals surface area contributed by atoms with E-state index in [1.165, 1.54) is 28.6 Å². The second-order valence-electron chi connectivity index (χ2n) is 7.01. The summed E-state index contributed by atoms with van der Waals surface area (Å²) in [5.41, 5.74) is 2.84. The standard InChI is InChI=1S/C21H22FN5O3S/c1-29-17-9-14-7-8-26(11-15(14)10-18(17)30-2)19(28)12-31-21-25-24-20(27(21)23)13-3-5-16(22)6-4-13/h3-6,9-10H,7-8,11-12,23H2,1-2H3. The Balaban J connectivity index is 1.41. The quantitative estimate of drug-likeness (QED) is 0.462. The summed E-state index contributed by atoms with van der Waals surface area (Å²) in [4.78, 5) is 14.6. The highest BCUT2D eigenvalue weighted by Gasteiger charge is 2.23. The van der Waals surface area contributed by atoms with Gasteiger partial charge in [0, 0.05) is 18.7 Å². The van der Waals surface area contributed by atoms with Crippen molar-refractivity contribution in [3.63, 3.8) is 0 Å². The third-order valence-corrected chi connectivity index (χ3v) is 6.09. The molecule has 0 atom stereocenters. The first-order valence-electron chi connectivity index (χ1n) is 9.61. The van der Waals surface area contributed by atoms with Crippen molar-refractivity contribution in [2.24, 2.45) is 0 Å². The molecular weight excluding hydrogens is 421 g/mol. The van der Waals surface area contributed by atoms with Crippen LogP contribution < -0.4 is 15.3 Å².